The van der Waals surface area contributed by atoms with Crippen LogP contribution in [0.4, 0.5) is 0 Å². The molecule has 0 aliphatic heterocycles. The minimum Gasteiger partial charge on any atom is -0.463 e. The van der Waals surface area contributed by atoms with Crippen LogP contribution in [0.15, 0.2) is 0 Å². The van der Waals surface area contributed by atoms with E-state index in [1.165, 1.54) is 38.5 Å². The van der Waals surface area contributed by atoms with Crippen molar-refractivity contribution >= 4 is 11.9 Å². The predicted octanol–water partition coefficient (Wildman–Crippen LogP) is 5.36. The summed E-state index contributed by atoms with van der Waals surface area (Å²) in [4.78, 5) is 24.0. The molecule has 0 radical (unpaired) electrons. The second-order valence-corrected chi connectivity index (χ2v) is 10.0. The topological polar surface area (TPSA) is 71.1 Å². The summed E-state index contributed by atoms with van der Waals surface area (Å²) in [6.07, 6.45) is 17.6. The van der Waals surface area contributed by atoms with Gasteiger partial charge in [0.15, 0.2) is 0 Å². The Labute approximate surface area is 194 Å². The molecule has 3 fully saturated rings. The standard InChI is InChI=1S/C26H44O6/c27-25(18-21-8-3-1-4-9-21)31-16-14-29-23-12-7-13-24(20-23)30-15-17-32-26(28)19-22-10-5-2-6-11-22/h21-24H,1-20H2. The van der Waals surface area contributed by atoms with Crippen molar-refractivity contribution in [3.05, 3.63) is 0 Å². The molecule has 6 heteroatoms. The van der Waals surface area contributed by atoms with Crippen molar-refractivity contribution in [2.75, 3.05) is 26.4 Å². The van der Waals surface area contributed by atoms with Crippen LogP contribution in [0.5, 0.6) is 0 Å². The molecule has 2 unspecified atom stereocenters. The van der Waals surface area contributed by atoms with Crippen molar-refractivity contribution in [1.29, 1.82) is 0 Å². The molecule has 0 heterocycles. The van der Waals surface area contributed by atoms with Gasteiger partial charge in [0.2, 0.25) is 0 Å². The molecule has 32 heavy (non-hydrogen) atoms. The lowest BCUT2D eigenvalue weighted by atomic mass is 9.87. The van der Waals surface area contributed by atoms with E-state index in [2.05, 4.69) is 0 Å². The van der Waals surface area contributed by atoms with Crippen LogP contribution in [-0.4, -0.2) is 50.6 Å². The van der Waals surface area contributed by atoms with Crippen LogP contribution < -0.4 is 0 Å². The highest BCUT2D eigenvalue weighted by molar-refractivity contribution is 5.70. The van der Waals surface area contributed by atoms with E-state index in [0.29, 0.717) is 51.1 Å². The van der Waals surface area contributed by atoms with E-state index in [9.17, 15) is 9.59 Å². The first-order chi connectivity index (χ1) is 15.7. The van der Waals surface area contributed by atoms with Crippen molar-refractivity contribution in [3.8, 4) is 0 Å². The van der Waals surface area contributed by atoms with Crippen molar-refractivity contribution in [2.24, 2.45) is 11.8 Å². The zero-order valence-electron chi connectivity index (χ0n) is 19.9. The molecule has 0 amide bonds. The molecule has 3 aliphatic rings. The first kappa shape index (κ1) is 25.5. The molecule has 0 aromatic rings. The molecule has 0 saturated heterocycles. The van der Waals surface area contributed by atoms with Crippen LogP contribution >= 0.6 is 0 Å². The van der Waals surface area contributed by atoms with Crippen molar-refractivity contribution < 1.29 is 28.5 Å². The quantitative estimate of drug-likeness (QED) is 0.293. The van der Waals surface area contributed by atoms with Gasteiger partial charge in [-0.3, -0.25) is 9.59 Å². The molecule has 3 rings (SSSR count). The SMILES string of the molecule is O=C(CC1CCCCC1)OCCOC1CCCC(OCCOC(=O)CC2CCCCC2)C1. The molecule has 0 aromatic heterocycles. The van der Waals surface area contributed by atoms with Gasteiger partial charge in [-0.2, -0.15) is 0 Å². The smallest absolute Gasteiger partial charge is 0.306 e. The maximum Gasteiger partial charge on any atom is 0.306 e. The first-order valence-electron chi connectivity index (χ1n) is 13.2. The number of esters is 2. The number of hydrogen-bond acceptors (Lipinski definition) is 6. The molecular formula is C26H44O6. The molecule has 184 valence electrons. The Morgan fingerprint density at radius 3 is 1.41 bits per heavy atom. The molecular weight excluding hydrogens is 408 g/mol. The highest BCUT2D eigenvalue weighted by Crippen LogP contribution is 2.27. The molecule has 2 atom stereocenters. The lowest BCUT2D eigenvalue weighted by Crippen LogP contribution is -2.30. The van der Waals surface area contributed by atoms with Gasteiger partial charge in [-0.05, 0) is 63.2 Å². The average Bonchev–Trinajstić information content (AvgIpc) is 2.81. The normalized spacial score (nSPS) is 25.4. The third-order valence-corrected chi connectivity index (χ3v) is 7.34. The number of carbonyl (C=O) groups is 2. The average molecular weight is 453 g/mol. The monoisotopic (exact) mass is 452 g/mol. The minimum atomic E-state index is -0.0802. The number of rotatable bonds is 12. The summed E-state index contributed by atoms with van der Waals surface area (Å²) in [5.74, 6) is 0.867. The fourth-order valence-electron chi connectivity index (χ4n) is 5.52. The molecule has 3 saturated carbocycles. The summed E-state index contributed by atoms with van der Waals surface area (Å²) in [5, 5.41) is 0. The van der Waals surface area contributed by atoms with Crippen LogP contribution in [0.25, 0.3) is 0 Å². The number of hydrogen-bond donors (Lipinski definition) is 0. The van der Waals surface area contributed by atoms with E-state index in [4.69, 9.17) is 18.9 Å². The van der Waals surface area contributed by atoms with E-state index in [1.54, 1.807) is 0 Å². The molecule has 3 aliphatic carbocycles. The molecule has 0 spiro atoms. The van der Waals surface area contributed by atoms with Gasteiger partial charge in [-0.15, -0.1) is 0 Å². The molecule has 0 bridgehead atoms. The van der Waals surface area contributed by atoms with E-state index in [0.717, 1.165) is 51.4 Å². The summed E-state index contributed by atoms with van der Waals surface area (Å²) in [6, 6.07) is 0. The highest BCUT2D eigenvalue weighted by Gasteiger charge is 2.24. The van der Waals surface area contributed by atoms with Gasteiger partial charge in [0, 0.05) is 12.8 Å². The Bertz CT molecular complexity index is 492. The van der Waals surface area contributed by atoms with Crippen LogP contribution in [0, 0.1) is 11.8 Å². The first-order valence-corrected chi connectivity index (χ1v) is 13.2. The Balaban J connectivity index is 1.18. The lowest BCUT2D eigenvalue weighted by Gasteiger charge is -2.29. The third-order valence-electron chi connectivity index (χ3n) is 7.34. The Hall–Kier alpha value is -1.14. The van der Waals surface area contributed by atoms with Gasteiger partial charge >= 0.3 is 11.9 Å². The fourth-order valence-corrected chi connectivity index (χ4v) is 5.52. The van der Waals surface area contributed by atoms with E-state index in [-0.39, 0.29) is 24.1 Å². The summed E-state index contributed by atoms with van der Waals surface area (Å²) in [6.45, 7) is 1.58. The molecule has 0 aromatic carbocycles. The van der Waals surface area contributed by atoms with Gasteiger partial charge in [-0.25, -0.2) is 0 Å². The van der Waals surface area contributed by atoms with E-state index in [1.807, 2.05) is 0 Å². The number of carbonyl (C=O) groups excluding carboxylic acids is 2. The minimum absolute atomic E-state index is 0.0802. The van der Waals surface area contributed by atoms with Gasteiger partial charge < -0.3 is 18.9 Å². The van der Waals surface area contributed by atoms with Crippen LogP contribution in [0.2, 0.25) is 0 Å². The van der Waals surface area contributed by atoms with Crippen LogP contribution in [0.1, 0.15) is 103 Å². The van der Waals surface area contributed by atoms with Crippen LogP contribution in [-0.2, 0) is 28.5 Å². The highest BCUT2D eigenvalue weighted by atomic mass is 16.6. The Kier molecular flexibility index (Phi) is 11.9. The van der Waals surface area contributed by atoms with Crippen LogP contribution in [0.3, 0.4) is 0 Å². The fraction of sp³-hybridized carbons (Fsp3) is 0.923. The zero-order chi connectivity index (χ0) is 22.4. The van der Waals surface area contributed by atoms with E-state index >= 15 is 0 Å². The second kappa shape index (κ2) is 14.9. The predicted molar refractivity (Wildman–Crippen MR) is 122 cm³/mol. The lowest BCUT2D eigenvalue weighted by molar-refractivity contribution is -0.148. The van der Waals surface area contributed by atoms with Gasteiger partial charge in [-0.1, -0.05) is 38.5 Å². The van der Waals surface area contributed by atoms with Crippen molar-refractivity contribution in [3.63, 3.8) is 0 Å². The summed E-state index contributed by atoms with van der Waals surface area (Å²) in [5.41, 5.74) is 0. The second-order valence-electron chi connectivity index (χ2n) is 10.0. The Morgan fingerprint density at radius 1 is 0.531 bits per heavy atom. The molecule has 0 N–H and O–H groups in total. The van der Waals surface area contributed by atoms with Crippen molar-refractivity contribution in [1.82, 2.24) is 0 Å². The largest absolute Gasteiger partial charge is 0.463 e. The maximum atomic E-state index is 12.0. The van der Waals surface area contributed by atoms with Crippen molar-refractivity contribution in [2.45, 2.75) is 115 Å². The summed E-state index contributed by atoms with van der Waals surface area (Å²) in [7, 11) is 0. The zero-order valence-corrected chi connectivity index (χ0v) is 19.9. The third kappa shape index (κ3) is 10.2. The van der Waals surface area contributed by atoms with E-state index < -0.39 is 0 Å². The van der Waals surface area contributed by atoms with Gasteiger partial charge in [0.1, 0.15) is 13.2 Å². The summed E-state index contributed by atoms with van der Waals surface area (Å²) >= 11 is 0. The summed E-state index contributed by atoms with van der Waals surface area (Å²) < 4.78 is 22.6. The number of ether oxygens (including phenoxy) is 4. The Morgan fingerprint density at radius 2 is 0.969 bits per heavy atom. The maximum absolute atomic E-state index is 12.0. The molecule has 6 nitrogen and oxygen atoms in total. The van der Waals surface area contributed by atoms with Gasteiger partial charge in [0.05, 0.1) is 25.4 Å². The van der Waals surface area contributed by atoms with Gasteiger partial charge in [0.25, 0.3) is 0 Å².